The number of hydrogen-bond donors (Lipinski definition) is 0. The van der Waals surface area contributed by atoms with E-state index in [0.717, 1.165) is 51.4 Å². The summed E-state index contributed by atoms with van der Waals surface area (Å²) in [7, 11) is 1.71. The lowest BCUT2D eigenvalue weighted by Gasteiger charge is -2.22. The molecule has 1 amide bonds. The van der Waals surface area contributed by atoms with Gasteiger partial charge in [-0.2, -0.15) is 0 Å². The molecular weight excluding hydrogens is 290 g/mol. The van der Waals surface area contributed by atoms with Gasteiger partial charge in [0.05, 0.1) is 6.61 Å². The normalized spacial score (nSPS) is 16.8. The first-order chi connectivity index (χ1) is 10.1. The van der Waals surface area contributed by atoms with Gasteiger partial charge in [0.15, 0.2) is 0 Å². The van der Waals surface area contributed by atoms with Crippen LogP contribution in [0.1, 0.15) is 22.5 Å². The fourth-order valence-electron chi connectivity index (χ4n) is 2.55. The predicted octanol–water partition coefficient (Wildman–Crippen LogP) is 1.84. The van der Waals surface area contributed by atoms with Gasteiger partial charge >= 0.3 is 0 Å². The number of pyridine rings is 1. The first-order valence-corrected chi connectivity index (χ1v) is 7.62. The van der Waals surface area contributed by atoms with Crippen LogP contribution in [0.4, 0.5) is 0 Å². The van der Waals surface area contributed by atoms with Crippen LogP contribution in [0.2, 0.25) is 5.15 Å². The Morgan fingerprint density at radius 3 is 2.86 bits per heavy atom. The number of carbonyl (C=O) groups is 1. The molecule has 5 nitrogen and oxygen atoms in total. The van der Waals surface area contributed by atoms with Crippen LogP contribution in [0.25, 0.3) is 0 Å². The maximum atomic E-state index is 12.6. The van der Waals surface area contributed by atoms with E-state index in [0.29, 0.717) is 10.7 Å². The van der Waals surface area contributed by atoms with Gasteiger partial charge in [0.25, 0.3) is 5.91 Å². The van der Waals surface area contributed by atoms with Crippen LogP contribution in [0.3, 0.4) is 0 Å². The van der Waals surface area contributed by atoms with E-state index < -0.39 is 0 Å². The minimum atomic E-state index is 0.0380. The quantitative estimate of drug-likeness (QED) is 0.796. The lowest BCUT2D eigenvalue weighted by atomic mass is 10.2. The minimum absolute atomic E-state index is 0.0380. The van der Waals surface area contributed by atoms with Gasteiger partial charge in [-0.1, -0.05) is 11.6 Å². The maximum Gasteiger partial charge on any atom is 0.254 e. The molecule has 0 unspecified atom stereocenters. The number of methoxy groups -OCH3 is 1. The molecule has 0 aromatic carbocycles. The van der Waals surface area contributed by atoms with Gasteiger partial charge in [-0.15, -0.1) is 0 Å². The SMILES string of the molecule is COCCN1CCCN(C(=O)c2cc(C)nc(Cl)c2)CC1. The summed E-state index contributed by atoms with van der Waals surface area (Å²) in [5.41, 5.74) is 1.39. The van der Waals surface area contributed by atoms with Gasteiger partial charge in [-0.3, -0.25) is 9.69 Å². The number of aromatic nitrogens is 1. The molecule has 116 valence electrons. The van der Waals surface area contributed by atoms with E-state index >= 15 is 0 Å². The van der Waals surface area contributed by atoms with E-state index in [1.165, 1.54) is 0 Å². The Balaban J connectivity index is 1.99. The first-order valence-electron chi connectivity index (χ1n) is 7.25. The molecular formula is C15H22ClN3O2. The largest absolute Gasteiger partial charge is 0.383 e. The second kappa shape index (κ2) is 7.73. The number of amides is 1. The molecule has 0 aliphatic carbocycles. The van der Waals surface area contributed by atoms with Gasteiger partial charge in [-0.05, 0) is 32.0 Å². The molecule has 0 bridgehead atoms. The van der Waals surface area contributed by atoms with E-state index in [1.807, 2.05) is 11.8 Å². The maximum absolute atomic E-state index is 12.6. The zero-order chi connectivity index (χ0) is 15.2. The second-order valence-corrected chi connectivity index (χ2v) is 5.69. The number of hydrogen-bond acceptors (Lipinski definition) is 4. The Labute approximate surface area is 130 Å². The van der Waals surface area contributed by atoms with Crippen molar-refractivity contribution in [2.45, 2.75) is 13.3 Å². The number of nitrogens with zero attached hydrogens (tertiary/aromatic N) is 3. The first kappa shape index (κ1) is 16.2. The molecule has 1 fully saturated rings. The van der Waals surface area contributed by atoms with Gasteiger partial charge in [0.1, 0.15) is 5.15 Å². The van der Waals surface area contributed by atoms with E-state index in [1.54, 1.807) is 19.2 Å². The van der Waals surface area contributed by atoms with E-state index in [2.05, 4.69) is 9.88 Å². The Bertz CT molecular complexity index is 476. The molecule has 0 atom stereocenters. The topological polar surface area (TPSA) is 45.7 Å². The van der Waals surface area contributed by atoms with Crippen LogP contribution in [0.15, 0.2) is 12.1 Å². The van der Waals surface area contributed by atoms with E-state index in [4.69, 9.17) is 16.3 Å². The van der Waals surface area contributed by atoms with Gasteiger partial charge in [0, 0.05) is 44.5 Å². The van der Waals surface area contributed by atoms with Crippen LogP contribution >= 0.6 is 11.6 Å². The van der Waals surface area contributed by atoms with Crippen LogP contribution < -0.4 is 0 Å². The monoisotopic (exact) mass is 311 g/mol. The van der Waals surface area contributed by atoms with Gasteiger partial charge in [-0.25, -0.2) is 4.98 Å². The van der Waals surface area contributed by atoms with E-state index in [9.17, 15) is 4.79 Å². The summed E-state index contributed by atoms with van der Waals surface area (Å²) >= 11 is 5.94. The minimum Gasteiger partial charge on any atom is -0.383 e. The lowest BCUT2D eigenvalue weighted by molar-refractivity contribution is 0.0759. The molecule has 0 saturated carbocycles. The van der Waals surface area contributed by atoms with Crippen LogP contribution in [0.5, 0.6) is 0 Å². The number of carbonyl (C=O) groups excluding carboxylic acids is 1. The Morgan fingerprint density at radius 2 is 2.14 bits per heavy atom. The smallest absolute Gasteiger partial charge is 0.254 e. The number of aryl methyl sites for hydroxylation is 1. The van der Waals surface area contributed by atoms with Crippen molar-refractivity contribution in [1.29, 1.82) is 0 Å². The summed E-state index contributed by atoms with van der Waals surface area (Å²) in [6.45, 7) is 6.89. The lowest BCUT2D eigenvalue weighted by Crippen LogP contribution is -2.36. The molecule has 1 aromatic heterocycles. The third kappa shape index (κ3) is 4.66. The highest BCUT2D eigenvalue weighted by atomic mass is 35.5. The average Bonchev–Trinajstić information content (AvgIpc) is 2.68. The van der Waals surface area contributed by atoms with Crippen molar-refractivity contribution >= 4 is 17.5 Å². The summed E-state index contributed by atoms with van der Waals surface area (Å²) in [6.07, 6.45) is 0.979. The van der Waals surface area contributed by atoms with Gasteiger partial charge in [0.2, 0.25) is 0 Å². The summed E-state index contributed by atoms with van der Waals surface area (Å²) in [6, 6.07) is 3.44. The highest BCUT2D eigenvalue weighted by Crippen LogP contribution is 2.14. The standard InChI is InChI=1S/C15H22ClN3O2/c1-12-10-13(11-14(16)17-12)15(20)19-5-3-4-18(6-7-19)8-9-21-2/h10-11H,3-9H2,1-2H3. The average molecular weight is 312 g/mol. The number of rotatable bonds is 4. The molecule has 1 aliphatic rings. The molecule has 0 N–H and O–H groups in total. The molecule has 21 heavy (non-hydrogen) atoms. The number of ether oxygens (including phenoxy) is 1. The zero-order valence-corrected chi connectivity index (χ0v) is 13.4. The van der Waals surface area contributed by atoms with Crippen molar-refractivity contribution in [3.05, 3.63) is 28.5 Å². The molecule has 2 heterocycles. The summed E-state index contributed by atoms with van der Waals surface area (Å²) in [4.78, 5) is 20.9. The van der Waals surface area contributed by atoms with Gasteiger partial charge < -0.3 is 9.64 Å². The summed E-state index contributed by atoms with van der Waals surface area (Å²) in [5, 5.41) is 0.370. The third-order valence-electron chi connectivity index (χ3n) is 3.66. The van der Waals surface area contributed by atoms with Crippen LogP contribution in [-0.4, -0.2) is 67.1 Å². The van der Waals surface area contributed by atoms with Crippen molar-refractivity contribution in [3.63, 3.8) is 0 Å². The highest BCUT2D eigenvalue weighted by molar-refractivity contribution is 6.29. The molecule has 0 radical (unpaired) electrons. The van der Waals surface area contributed by atoms with Crippen molar-refractivity contribution in [2.24, 2.45) is 0 Å². The molecule has 1 aliphatic heterocycles. The fourth-order valence-corrected chi connectivity index (χ4v) is 2.80. The Kier molecular flexibility index (Phi) is 5.96. The zero-order valence-electron chi connectivity index (χ0n) is 12.6. The summed E-state index contributed by atoms with van der Waals surface area (Å²) < 4.78 is 5.11. The molecule has 1 saturated heterocycles. The third-order valence-corrected chi connectivity index (χ3v) is 3.85. The van der Waals surface area contributed by atoms with Crippen molar-refractivity contribution in [2.75, 3.05) is 46.4 Å². The van der Waals surface area contributed by atoms with Crippen LogP contribution in [0, 0.1) is 6.92 Å². The molecule has 1 aromatic rings. The highest BCUT2D eigenvalue weighted by Gasteiger charge is 2.20. The molecule has 0 spiro atoms. The van der Waals surface area contributed by atoms with Crippen molar-refractivity contribution in [3.8, 4) is 0 Å². The summed E-state index contributed by atoms with van der Waals surface area (Å²) in [5.74, 6) is 0.0380. The Hall–Kier alpha value is -1.17. The van der Waals surface area contributed by atoms with Crippen molar-refractivity contribution in [1.82, 2.24) is 14.8 Å². The molecule has 2 rings (SSSR count). The molecule has 6 heteroatoms. The fraction of sp³-hybridized carbons (Fsp3) is 0.600. The second-order valence-electron chi connectivity index (χ2n) is 5.30. The van der Waals surface area contributed by atoms with E-state index in [-0.39, 0.29) is 5.91 Å². The van der Waals surface area contributed by atoms with Crippen LogP contribution in [-0.2, 0) is 4.74 Å². The van der Waals surface area contributed by atoms with Crippen molar-refractivity contribution < 1.29 is 9.53 Å². The predicted molar refractivity (Wildman–Crippen MR) is 82.8 cm³/mol. The number of halogens is 1. The Morgan fingerprint density at radius 1 is 1.33 bits per heavy atom.